The van der Waals surface area contributed by atoms with Crippen LogP contribution in [-0.4, -0.2) is 27.3 Å². The molecule has 4 nitrogen and oxygen atoms in total. The van der Waals surface area contributed by atoms with Gasteiger partial charge in [0.15, 0.2) is 9.84 Å². The third-order valence-electron chi connectivity index (χ3n) is 2.94. The topological polar surface area (TPSA) is 55.4 Å². The van der Waals surface area contributed by atoms with E-state index in [9.17, 15) is 8.42 Å². The summed E-state index contributed by atoms with van der Waals surface area (Å²) in [5.74, 6) is 0.556. The van der Waals surface area contributed by atoms with E-state index in [4.69, 9.17) is 4.74 Å². The molecule has 0 fully saturated rings. The lowest BCUT2D eigenvalue weighted by Gasteiger charge is -2.16. The van der Waals surface area contributed by atoms with Crippen LogP contribution in [0.15, 0.2) is 59.5 Å². The monoisotopic (exact) mass is 305 g/mol. The Morgan fingerprint density at radius 3 is 2.48 bits per heavy atom. The van der Waals surface area contributed by atoms with Crippen LogP contribution in [0.5, 0.6) is 5.75 Å². The molecule has 0 aliphatic heterocycles. The Labute approximate surface area is 125 Å². The number of anilines is 1. The molecule has 2 aromatic carbocycles. The maximum absolute atomic E-state index is 11.5. The molecule has 21 heavy (non-hydrogen) atoms. The molecule has 1 atom stereocenters. The summed E-state index contributed by atoms with van der Waals surface area (Å²) in [7, 11) is -3.21. The summed E-state index contributed by atoms with van der Waals surface area (Å²) in [4.78, 5) is 0.267. The van der Waals surface area contributed by atoms with Crippen molar-refractivity contribution in [2.24, 2.45) is 0 Å². The highest BCUT2D eigenvalue weighted by atomic mass is 32.2. The molecule has 0 aromatic heterocycles. The lowest BCUT2D eigenvalue weighted by atomic mass is 10.3. The first-order chi connectivity index (χ1) is 9.95. The average molecular weight is 305 g/mol. The molecule has 0 aliphatic carbocycles. The fraction of sp³-hybridized carbons (Fsp3) is 0.250. The van der Waals surface area contributed by atoms with E-state index in [1.807, 2.05) is 37.3 Å². The largest absolute Gasteiger partial charge is 0.489 e. The normalized spacial score (nSPS) is 12.7. The van der Waals surface area contributed by atoms with Gasteiger partial charge in [0.1, 0.15) is 11.9 Å². The minimum atomic E-state index is -3.21. The van der Waals surface area contributed by atoms with Gasteiger partial charge in [-0.1, -0.05) is 24.3 Å². The van der Waals surface area contributed by atoms with Gasteiger partial charge in [0.2, 0.25) is 0 Å². The van der Waals surface area contributed by atoms with E-state index in [-0.39, 0.29) is 11.0 Å². The van der Waals surface area contributed by atoms with E-state index in [1.54, 1.807) is 24.3 Å². The highest BCUT2D eigenvalue weighted by Crippen LogP contribution is 2.18. The highest BCUT2D eigenvalue weighted by molar-refractivity contribution is 7.90. The average Bonchev–Trinajstić information content (AvgIpc) is 2.46. The van der Waals surface area contributed by atoms with Crippen LogP contribution >= 0.6 is 0 Å². The molecule has 1 N–H and O–H groups in total. The molecule has 0 heterocycles. The van der Waals surface area contributed by atoms with Gasteiger partial charge < -0.3 is 10.1 Å². The Morgan fingerprint density at radius 2 is 1.81 bits per heavy atom. The van der Waals surface area contributed by atoms with E-state index >= 15 is 0 Å². The molecule has 1 unspecified atom stereocenters. The Morgan fingerprint density at radius 1 is 1.10 bits per heavy atom. The fourth-order valence-corrected chi connectivity index (χ4v) is 2.53. The van der Waals surface area contributed by atoms with Gasteiger partial charge in [-0.15, -0.1) is 0 Å². The molecule has 112 valence electrons. The number of hydrogen-bond donors (Lipinski definition) is 1. The van der Waals surface area contributed by atoms with Gasteiger partial charge in [0, 0.05) is 11.9 Å². The van der Waals surface area contributed by atoms with Gasteiger partial charge >= 0.3 is 0 Å². The van der Waals surface area contributed by atoms with Crippen molar-refractivity contribution in [3.8, 4) is 5.75 Å². The molecule has 0 saturated heterocycles. The summed E-state index contributed by atoms with van der Waals surface area (Å²) in [5.41, 5.74) is 1.03. The van der Waals surface area contributed by atoms with Gasteiger partial charge in [-0.3, -0.25) is 0 Å². The minimum Gasteiger partial charge on any atom is -0.489 e. The first-order valence-corrected chi connectivity index (χ1v) is 8.60. The second-order valence-electron chi connectivity index (χ2n) is 4.92. The van der Waals surface area contributed by atoms with Gasteiger partial charge in [0.05, 0.1) is 11.4 Å². The zero-order chi connectivity index (χ0) is 15.3. The number of benzene rings is 2. The third kappa shape index (κ3) is 4.79. The summed E-state index contributed by atoms with van der Waals surface area (Å²) in [6.45, 7) is 2.57. The molecule has 0 radical (unpaired) electrons. The summed E-state index contributed by atoms with van der Waals surface area (Å²) in [6.07, 6.45) is 1.10. The Kier molecular flexibility index (Phi) is 4.85. The van der Waals surface area contributed by atoms with Gasteiger partial charge in [0.25, 0.3) is 0 Å². The number of sulfone groups is 1. The summed E-state index contributed by atoms with van der Waals surface area (Å²) < 4.78 is 28.8. The Bertz CT molecular complexity index is 684. The van der Waals surface area contributed by atoms with Crippen LogP contribution < -0.4 is 10.1 Å². The van der Waals surface area contributed by atoms with Crippen LogP contribution in [0.4, 0.5) is 5.69 Å². The number of hydrogen-bond acceptors (Lipinski definition) is 4. The molecule has 2 rings (SSSR count). The minimum absolute atomic E-state index is 0.0833. The fourth-order valence-electron chi connectivity index (χ4n) is 1.87. The molecular weight excluding hydrogens is 286 g/mol. The van der Waals surface area contributed by atoms with Crippen LogP contribution in [0, 0.1) is 0 Å². The molecule has 5 heteroatoms. The van der Waals surface area contributed by atoms with Gasteiger partial charge in [-0.05, 0) is 37.3 Å². The van der Waals surface area contributed by atoms with Gasteiger partial charge in [-0.25, -0.2) is 8.42 Å². The molecule has 0 saturated carbocycles. The SMILES string of the molecule is CC(CNc1ccccc1)Oc1cccc(S(C)(=O)=O)c1. The second kappa shape index (κ2) is 6.63. The summed E-state index contributed by atoms with van der Waals surface area (Å²) >= 11 is 0. The first kappa shape index (κ1) is 15.4. The molecule has 0 aliphatic rings. The van der Waals surface area contributed by atoms with E-state index in [0.29, 0.717) is 12.3 Å². The Balaban J connectivity index is 1.95. The quantitative estimate of drug-likeness (QED) is 0.891. The van der Waals surface area contributed by atoms with Crippen molar-refractivity contribution in [3.63, 3.8) is 0 Å². The molecule has 0 bridgehead atoms. The van der Waals surface area contributed by atoms with Crippen LogP contribution in [0.25, 0.3) is 0 Å². The number of nitrogens with one attached hydrogen (secondary N) is 1. The van der Waals surface area contributed by atoms with Crippen molar-refractivity contribution in [3.05, 3.63) is 54.6 Å². The third-order valence-corrected chi connectivity index (χ3v) is 4.05. The van der Waals surface area contributed by atoms with Crippen molar-refractivity contribution >= 4 is 15.5 Å². The van der Waals surface area contributed by atoms with E-state index in [2.05, 4.69) is 5.32 Å². The van der Waals surface area contributed by atoms with E-state index in [1.165, 1.54) is 6.26 Å². The van der Waals surface area contributed by atoms with Crippen LogP contribution in [0.1, 0.15) is 6.92 Å². The lowest BCUT2D eigenvalue weighted by Crippen LogP contribution is -2.22. The summed E-state index contributed by atoms with van der Waals surface area (Å²) in [5, 5.41) is 3.27. The van der Waals surface area contributed by atoms with Gasteiger partial charge in [-0.2, -0.15) is 0 Å². The van der Waals surface area contributed by atoms with Crippen LogP contribution in [0.3, 0.4) is 0 Å². The van der Waals surface area contributed by atoms with Crippen molar-refractivity contribution in [1.29, 1.82) is 0 Å². The second-order valence-corrected chi connectivity index (χ2v) is 6.94. The predicted molar refractivity (Wildman–Crippen MR) is 84.6 cm³/mol. The molecule has 0 amide bonds. The van der Waals surface area contributed by atoms with Crippen molar-refractivity contribution in [1.82, 2.24) is 0 Å². The molecule has 0 spiro atoms. The highest BCUT2D eigenvalue weighted by Gasteiger charge is 2.09. The lowest BCUT2D eigenvalue weighted by molar-refractivity contribution is 0.234. The number of rotatable bonds is 6. The zero-order valence-electron chi connectivity index (χ0n) is 12.1. The maximum Gasteiger partial charge on any atom is 0.175 e. The molecular formula is C16H19NO3S. The van der Waals surface area contributed by atoms with E-state index in [0.717, 1.165) is 5.69 Å². The Hall–Kier alpha value is -2.01. The predicted octanol–water partition coefficient (Wildman–Crippen LogP) is 2.97. The number of ether oxygens (including phenoxy) is 1. The first-order valence-electron chi connectivity index (χ1n) is 6.71. The standard InChI is InChI=1S/C16H19NO3S/c1-13(12-17-14-7-4-3-5-8-14)20-15-9-6-10-16(11-15)21(2,18)19/h3-11,13,17H,12H2,1-2H3. The van der Waals surface area contributed by atoms with Crippen molar-refractivity contribution in [2.75, 3.05) is 18.1 Å². The summed E-state index contributed by atoms with van der Waals surface area (Å²) in [6, 6.07) is 16.4. The van der Waals surface area contributed by atoms with Crippen molar-refractivity contribution < 1.29 is 13.2 Å². The zero-order valence-corrected chi connectivity index (χ0v) is 12.9. The maximum atomic E-state index is 11.5. The smallest absolute Gasteiger partial charge is 0.175 e. The molecule has 2 aromatic rings. The van der Waals surface area contributed by atoms with E-state index < -0.39 is 9.84 Å². The van der Waals surface area contributed by atoms with Crippen LogP contribution in [0.2, 0.25) is 0 Å². The number of para-hydroxylation sites is 1. The van der Waals surface area contributed by atoms with Crippen molar-refractivity contribution in [2.45, 2.75) is 17.9 Å². The van der Waals surface area contributed by atoms with Crippen LogP contribution in [-0.2, 0) is 9.84 Å².